The van der Waals surface area contributed by atoms with Crippen LogP contribution in [0.2, 0.25) is 0 Å². The summed E-state index contributed by atoms with van der Waals surface area (Å²) in [6.45, 7) is 6.60. The van der Waals surface area contributed by atoms with Gasteiger partial charge in [-0.15, -0.1) is 0 Å². The highest BCUT2D eigenvalue weighted by Gasteiger charge is 2.25. The molecule has 1 N–H and O–H groups in total. The molecule has 1 aliphatic heterocycles. The summed E-state index contributed by atoms with van der Waals surface area (Å²) in [7, 11) is 0. The zero-order valence-electron chi connectivity index (χ0n) is 10.4. The number of aromatic carboxylic acids is 1. The lowest BCUT2D eigenvalue weighted by Gasteiger charge is -2.38. The van der Waals surface area contributed by atoms with E-state index in [1.54, 1.807) is 12.1 Å². The molecule has 1 saturated heterocycles. The molecule has 0 radical (unpaired) electrons. The van der Waals surface area contributed by atoms with Crippen molar-refractivity contribution in [3.05, 3.63) is 29.8 Å². The lowest BCUT2D eigenvalue weighted by molar-refractivity contribution is 0.0697. The molecule has 3 heteroatoms. The fourth-order valence-corrected chi connectivity index (χ4v) is 2.21. The number of hydrogen-bond acceptors (Lipinski definition) is 2. The molecular weight excluding hydrogens is 214 g/mol. The highest BCUT2D eigenvalue weighted by atomic mass is 16.4. The summed E-state index contributed by atoms with van der Waals surface area (Å²) in [5, 5.41) is 8.97. The Balaban J connectivity index is 2.13. The van der Waals surface area contributed by atoms with Crippen LogP contribution in [0.25, 0.3) is 0 Å². The van der Waals surface area contributed by atoms with Crippen molar-refractivity contribution in [2.75, 3.05) is 18.0 Å². The van der Waals surface area contributed by atoms with Crippen LogP contribution in [0.4, 0.5) is 5.69 Å². The van der Waals surface area contributed by atoms with Crippen molar-refractivity contribution in [1.82, 2.24) is 0 Å². The molecule has 1 aromatic rings. The third kappa shape index (κ3) is 2.78. The first-order chi connectivity index (χ1) is 7.98. The Bertz CT molecular complexity index is 416. The minimum absolute atomic E-state index is 0.368. The van der Waals surface area contributed by atoms with Gasteiger partial charge in [-0.25, -0.2) is 4.79 Å². The Labute approximate surface area is 102 Å². The molecule has 0 aliphatic carbocycles. The molecular formula is C14H19NO2. The van der Waals surface area contributed by atoms with Crippen LogP contribution in [0, 0.1) is 5.41 Å². The normalized spacial score (nSPS) is 19.1. The second kappa shape index (κ2) is 4.40. The van der Waals surface area contributed by atoms with Gasteiger partial charge in [0.2, 0.25) is 0 Å². The number of piperidine rings is 1. The third-order valence-electron chi connectivity index (χ3n) is 3.58. The first-order valence-corrected chi connectivity index (χ1v) is 6.06. The molecule has 1 aromatic carbocycles. The molecule has 0 spiro atoms. The van der Waals surface area contributed by atoms with E-state index in [-0.39, 0.29) is 0 Å². The van der Waals surface area contributed by atoms with Gasteiger partial charge in [-0.1, -0.05) is 19.9 Å². The minimum Gasteiger partial charge on any atom is -0.478 e. The van der Waals surface area contributed by atoms with E-state index >= 15 is 0 Å². The van der Waals surface area contributed by atoms with Crippen molar-refractivity contribution in [3.8, 4) is 0 Å². The molecule has 1 fully saturated rings. The van der Waals surface area contributed by atoms with Crippen LogP contribution < -0.4 is 4.90 Å². The number of rotatable bonds is 2. The largest absolute Gasteiger partial charge is 0.478 e. The number of carboxylic acid groups (broad SMARTS) is 1. The highest BCUT2D eigenvalue weighted by molar-refractivity contribution is 5.88. The number of nitrogens with zero attached hydrogens (tertiary/aromatic N) is 1. The standard InChI is InChI=1S/C14H19NO2/c1-14(2)6-8-15(9-7-14)12-5-3-4-11(10-12)13(16)17/h3-5,10H,6-9H2,1-2H3,(H,16,17). The molecule has 3 nitrogen and oxygen atoms in total. The summed E-state index contributed by atoms with van der Waals surface area (Å²) in [6.07, 6.45) is 2.31. The molecule has 0 bridgehead atoms. The first-order valence-electron chi connectivity index (χ1n) is 6.06. The van der Waals surface area contributed by atoms with Gasteiger partial charge in [0.05, 0.1) is 5.56 Å². The van der Waals surface area contributed by atoms with Crippen molar-refractivity contribution in [3.63, 3.8) is 0 Å². The minimum atomic E-state index is -0.857. The highest BCUT2D eigenvalue weighted by Crippen LogP contribution is 2.32. The lowest BCUT2D eigenvalue weighted by Crippen LogP contribution is -2.37. The number of carboxylic acids is 1. The smallest absolute Gasteiger partial charge is 0.335 e. The molecule has 92 valence electrons. The summed E-state index contributed by atoms with van der Waals surface area (Å²) in [4.78, 5) is 13.2. The topological polar surface area (TPSA) is 40.5 Å². The second-order valence-electron chi connectivity index (χ2n) is 5.51. The van der Waals surface area contributed by atoms with E-state index in [4.69, 9.17) is 5.11 Å². The van der Waals surface area contributed by atoms with Crippen LogP contribution in [-0.2, 0) is 0 Å². The van der Waals surface area contributed by atoms with Crippen molar-refractivity contribution < 1.29 is 9.90 Å². The van der Waals surface area contributed by atoms with Gasteiger partial charge in [-0.3, -0.25) is 0 Å². The van der Waals surface area contributed by atoms with Crippen LogP contribution >= 0.6 is 0 Å². The van der Waals surface area contributed by atoms with Crippen LogP contribution in [0.1, 0.15) is 37.0 Å². The zero-order valence-corrected chi connectivity index (χ0v) is 10.4. The zero-order chi connectivity index (χ0) is 12.5. The van der Waals surface area contributed by atoms with Gasteiger partial charge < -0.3 is 10.0 Å². The van der Waals surface area contributed by atoms with Gasteiger partial charge in [0, 0.05) is 18.8 Å². The van der Waals surface area contributed by atoms with Crippen LogP contribution in [0.15, 0.2) is 24.3 Å². The molecule has 0 atom stereocenters. The van der Waals surface area contributed by atoms with Crippen LogP contribution in [-0.4, -0.2) is 24.2 Å². The summed E-state index contributed by atoms with van der Waals surface area (Å²) < 4.78 is 0. The summed E-state index contributed by atoms with van der Waals surface area (Å²) in [5.41, 5.74) is 1.81. The first kappa shape index (κ1) is 12.0. The van der Waals surface area contributed by atoms with Crippen LogP contribution in [0.5, 0.6) is 0 Å². The fraction of sp³-hybridized carbons (Fsp3) is 0.500. The number of carbonyl (C=O) groups is 1. The van der Waals surface area contributed by atoms with Crippen LogP contribution in [0.3, 0.4) is 0 Å². The molecule has 0 aromatic heterocycles. The third-order valence-corrected chi connectivity index (χ3v) is 3.58. The Kier molecular flexibility index (Phi) is 3.09. The predicted octanol–water partition coefficient (Wildman–Crippen LogP) is 3.01. The van der Waals surface area contributed by atoms with Gasteiger partial charge in [-0.2, -0.15) is 0 Å². The van der Waals surface area contributed by atoms with Gasteiger partial charge in [0.25, 0.3) is 0 Å². The van der Waals surface area contributed by atoms with Crippen molar-refractivity contribution >= 4 is 11.7 Å². The average molecular weight is 233 g/mol. The summed E-state index contributed by atoms with van der Waals surface area (Å²) in [6, 6.07) is 7.21. The van der Waals surface area contributed by atoms with Gasteiger partial charge in [0.1, 0.15) is 0 Å². The van der Waals surface area contributed by atoms with Crippen molar-refractivity contribution in [2.24, 2.45) is 5.41 Å². The van der Waals surface area contributed by atoms with E-state index in [0.717, 1.165) is 31.6 Å². The van der Waals surface area contributed by atoms with Gasteiger partial charge in [0.15, 0.2) is 0 Å². The Morgan fingerprint density at radius 3 is 2.53 bits per heavy atom. The molecule has 0 amide bonds. The van der Waals surface area contributed by atoms with E-state index < -0.39 is 5.97 Å². The van der Waals surface area contributed by atoms with E-state index in [0.29, 0.717) is 11.0 Å². The number of anilines is 1. The van der Waals surface area contributed by atoms with E-state index in [2.05, 4.69) is 18.7 Å². The summed E-state index contributed by atoms with van der Waals surface area (Å²) >= 11 is 0. The Morgan fingerprint density at radius 1 is 1.29 bits per heavy atom. The quantitative estimate of drug-likeness (QED) is 0.853. The van der Waals surface area contributed by atoms with Gasteiger partial charge in [-0.05, 0) is 36.5 Å². The molecule has 0 saturated carbocycles. The maximum Gasteiger partial charge on any atom is 0.335 e. The van der Waals surface area contributed by atoms with Crippen molar-refractivity contribution in [1.29, 1.82) is 0 Å². The fourth-order valence-electron chi connectivity index (χ4n) is 2.21. The lowest BCUT2D eigenvalue weighted by atomic mass is 9.82. The molecule has 0 unspecified atom stereocenters. The Morgan fingerprint density at radius 2 is 1.94 bits per heavy atom. The monoisotopic (exact) mass is 233 g/mol. The van der Waals surface area contributed by atoms with Crippen molar-refractivity contribution in [2.45, 2.75) is 26.7 Å². The molecule has 1 heterocycles. The van der Waals surface area contributed by atoms with Gasteiger partial charge >= 0.3 is 5.97 Å². The van der Waals surface area contributed by atoms with E-state index in [9.17, 15) is 4.79 Å². The molecule has 1 aliphatic rings. The van der Waals surface area contributed by atoms with E-state index in [1.807, 2.05) is 12.1 Å². The maximum atomic E-state index is 10.9. The SMILES string of the molecule is CC1(C)CCN(c2cccc(C(=O)O)c2)CC1. The predicted molar refractivity (Wildman–Crippen MR) is 68.6 cm³/mol. The Hall–Kier alpha value is -1.51. The molecule has 2 rings (SSSR count). The maximum absolute atomic E-state index is 10.9. The second-order valence-corrected chi connectivity index (χ2v) is 5.51. The van der Waals surface area contributed by atoms with E-state index in [1.165, 1.54) is 0 Å². The number of benzene rings is 1. The molecule has 17 heavy (non-hydrogen) atoms. The average Bonchev–Trinajstić information content (AvgIpc) is 2.29. The number of hydrogen-bond donors (Lipinski definition) is 1. The summed E-state index contributed by atoms with van der Waals surface area (Å²) in [5.74, 6) is -0.857.